The summed E-state index contributed by atoms with van der Waals surface area (Å²) in [5.74, 6) is 0.968. The van der Waals surface area contributed by atoms with Crippen LogP contribution in [0.2, 0.25) is 0 Å². The van der Waals surface area contributed by atoms with E-state index in [-0.39, 0.29) is 5.69 Å². The van der Waals surface area contributed by atoms with Gasteiger partial charge in [0.25, 0.3) is 0 Å². The largest absolute Gasteiger partial charge is 0.493 e. The number of ether oxygens (including phenoxy) is 1. The van der Waals surface area contributed by atoms with E-state index in [1.807, 2.05) is 0 Å². The van der Waals surface area contributed by atoms with Crippen molar-refractivity contribution in [2.45, 2.75) is 38.5 Å². The number of nitrogens with two attached hydrogens (primary N) is 1. The summed E-state index contributed by atoms with van der Waals surface area (Å²) in [4.78, 5) is 0. The quantitative estimate of drug-likeness (QED) is 0.809. The molecule has 0 bridgehead atoms. The van der Waals surface area contributed by atoms with Gasteiger partial charge in [-0.05, 0) is 24.5 Å². The summed E-state index contributed by atoms with van der Waals surface area (Å²) in [5, 5.41) is 0. The number of rotatable bonds is 4. The van der Waals surface area contributed by atoms with Crippen molar-refractivity contribution in [2.75, 3.05) is 12.3 Å². The fraction of sp³-hybridized carbons (Fsp3) is 0.571. The third kappa shape index (κ3) is 3.62. The summed E-state index contributed by atoms with van der Waals surface area (Å²) in [6, 6.07) is 4.63. The zero-order valence-electron chi connectivity index (χ0n) is 10.1. The maximum Gasteiger partial charge on any atom is 0.149 e. The molecule has 0 unspecified atom stereocenters. The van der Waals surface area contributed by atoms with Gasteiger partial charge in [-0.25, -0.2) is 4.39 Å². The summed E-state index contributed by atoms with van der Waals surface area (Å²) in [7, 11) is 0. The monoisotopic (exact) mass is 237 g/mol. The third-order valence-corrected chi connectivity index (χ3v) is 3.49. The lowest BCUT2D eigenvalue weighted by molar-refractivity contribution is 0.245. The van der Waals surface area contributed by atoms with Crippen molar-refractivity contribution in [3.8, 4) is 5.75 Å². The molecule has 0 atom stereocenters. The standard InChI is InChI=1S/C14H20FNO/c15-13-10-12(6-7-14(13)16)17-9-8-11-4-2-1-3-5-11/h6-7,10-11H,1-5,8-9,16H2. The second-order valence-corrected chi connectivity index (χ2v) is 4.82. The van der Waals surface area contributed by atoms with Gasteiger partial charge in [0.1, 0.15) is 11.6 Å². The number of hydrogen-bond acceptors (Lipinski definition) is 2. The molecule has 0 spiro atoms. The molecule has 17 heavy (non-hydrogen) atoms. The van der Waals surface area contributed by atoms with Gasteiger partial charge in [-0.1, -0.05) is 32.1 Å². The molecule has 94 valence electrons. The van der Waals surface area contributed by atoms with Crippen LogP contribution in [0.1, 0.15) is 38.5 Å². The van der Waals surface area contributed by atoms with Gasteiger partial charge in [-0.2, -0.15) is 0 Å². The van der Waals surface area contributed by atoms with Crippen LogP contribution in [0.4, 0.5) is 10.1 Å². The van der Waals surface area contributed by atoms with E-state index in [2.05, 4.69) is 0 Å². The minimum absolute atomic E-state index is 0.171. The van der Waals surface area contributed by atoms with Crippen LogP contribution < -0.4 is 10.5 Å². The SMILES string of the molecule is Nc1ccc(OCCC2CCCCC2)cc1F. The summed E-state index contributed by atoms with van der Waals surface area (Å²) in [6.07, 6.45) is 7.79. The van der Waals surface area contributed by atoms with Gasteiger partial charge in [-0.15, -0.1) is 0 Å². The number of anilines is 1. The number of nitrogen functional groups attached to an aromatic ring is 1. The minimum Gasteiger partial charge on any atom is -0.493 e. The van der Waals surface area contributed by atoms with Crippen molar-refractivity contribution in [1.29, 1.82) is 0 Å². The number of benzene rings is 1. The lowest BCUT2D eigenvalue weighted by Gasteiger charge is -2.21. The molecule has 0 aliphatic heterocycles. The van der Waals surface area contributed by atoms with Crippen LogP contribution in [0.5, 0.6) is 5.75 Å². The molecular weight excluding hydrogens is 217 g/mol. The zero-order chi connectivity index (χ0) is 12.1. The smallest absolute Gasteiger partial charge is 0.149 e. The fourth-order valence-electron chi connectivity index (χ4n) is 2.42. The van der Waals surface area contributed by atoms with Crippen molar-refractivity contribution in [3.63, 3.8) is 0 Å². The summed E-state index contributed by atoms with van der Waals surface area (Å²) >= 11 is 0. The average Bonchev–Trinajstić information content (AvgIpc) is 2.35. The van der Waals surface area contributed by atoms with Gasteiger partial charge in [-0.3, -0.25) is 0 Å². The lowest BCUT2D eigenvalue weighted by atomic mass is 9.87. The summed E-state index contributed by atoms with van der Waals surface area (Å²) < 4.78 is 18.7. The van der Waals surface area contributed by atoms with Crippen LogP contribution in [-0.4, -0.2) is 6.61 Å². The van der Waals surface area contributed by atoms with Gasteiger partial charge in [0.15, 0.2) is 0 Å². The van der Waals surface area contributed by atoms with E-state index in [0.717, 1.165) is 12.3 Å². The van der Waals surface area contributed by atoms with Gasteiger partial charge in [0.05, 0.1) is 12.3 Å². The van der Waals surface area contributed by atoms with E-state index in [0.29, 0.717) is 12.4 Å². The first-order valence-electron chi connectivity index (χ1n) is 6.43. The first-order valence-corrected chi connectivity index (χ1v) is 6.43. The molecule has 1 saturated carbocycles. The molecule has 2 nitrogen and oxygen atoms in total. The highest BCUT2D eigenvalue weighted by atomic mass is 19.1. The predicted octanol–water partition coefficient (Wildman–Crippen LogP) is 3.76. The highest BCUT2D eigenvalue weighted by Gasteiger charge is 2.13. The van der Waals surface area contributed by atoms with Crippen molar-refractivity contribution < 1.29 is 9.13 Å². The normalized spacial score (nSPS) is 17.0. The van der Waals surface area contributed by atoms with Crippen LogP contribution in [0.15, 0.2) is 18.2 Å². The molecule has 0 heterocycles. The molecule has 1 aromatic carbocycles. The fourth-order valence-corrected chi connectivity index (χ4v) is 2.42. The molecule has 2 rings (SSSR count). The molecular formula is C14H20FNO. The van der Waals surface area contributed by atoms with Crippen molar-refractivity contribution in [1.82, 2.24) is 0 Å². The van der Waals surface area contributed by atoms with E-state index in [1.165, 1.54) is 38.2 Å². The van der Waals surface area contributed by atoms with Crippen molar-refractivity contribution in [3.05, 3.63) is 24.0 Å². The highest BCUT2D eigenvalue weighted by molar-refractivity contribution is 5.43. The first-order chi connectivity index (χ1) is 8.25. The third-order valence-electron chi connectivity index (χ3n) is 3.49. The number of hydrogen-bond donors (Lipinski definition) is 1. The Labute approximate surface area is 102 Å². The van der Waals surface area contributed by atoms with Crippen LogP contribution in [0, 0.1) is 11.7 Å². The van der Waals surface area contributed by atoms with Gasteiger partial charge >= 0.3 is 0 Å². The molecule has 1 aliphatic carbocycles. The minimum atomic E-state index is -0.403. The average molecular weight is 237 g/mol. The Bertz CT molecular complexity index is 361. The molecule has 1 aliphatic rings. The number of halogens is 1. The van der Waals surface area contributed by atoms with E-state index >= 15 is 0 Å². The molecule has 3 heteroatoms. The Hall–Kier alpha value is -1.25. The van der Waals surface area contributed by atoms with E-state index < -0.39 is 5.82 Å². The summed E-state index contributed by atoms with van der Waals surface area (Å²) in [6.45, 7) is 0.675. The Morgan fingerprint density at radius 3 is 2.71 bits per heavy atom. The van der Waals surface area contributed by atoms with Crippen LogP contribution >= 0.6 is 0 Å². The summed E-state index contributed by atoms with van der Waals surface area (Å²) in [5.41, 5.74) is 5.57. The molecule has 2 N–H and O–H groups in total. The Morgan fingerprint density at radius 1 is 1.24 bits per heavy atom. The van der Waals surface area contributed by atoms with Crippen molar-refractivity contribution in [2.24, 2.45) is 5.92 Å². The second-order valence-electron chi connectivity index (χ2n) is 4.82. The van der Waals surface area contributed by atoms with Gasteiger partial charge in [0.2, 0.25) is 0 Å². The first kappa shape index (κ1) is 12.2. The predicted molar refractivity (Wildman–Crippen MR) is 67.5 cm³/mol. The van der Waals surface area contributed by atoms with E-state index in [1.54, 1.807) is 12.1 Å². The van der Waals surface area contributed by atoms with Gasteiger partial charge < -0.3 is 10.5 Å². The van der Waals surface area contributed by atoms with Gasteiger partial charge in [0, 0.05) is 6.07 Å². The molecule has 0 aromatic heterocycles. The Kier molecular flexibility index (Phi) is 4.24. The van der Waals surface area contributed by atoms with E-state index in [4.69, 9.17) is 10.5 Å². The highest BCUT2D eigenvalue weighted by Crippen LogP contribution is 2.26. The molecule has 1 fully saturated rings. The van der Waals surface area contributed by atoms with Crippen LogP contribution in [-0.2, 0) is 0 Å². The lowest BCUT2D eigenvalue weighted by Crippen LogP contribution is -2.10. The molecule has 1 aromatic rings. The Balaban J connectivity index is 1.75. The maximum absolute atomic E-state index is 13.2. The van der Waals surface area contributed by atoms with Crippen LogP contribution in [0.3, 0.4) is 0 Å². The molecule has 0 saturated heterocycles. The van der Waals surface area contributed by atoms with E-state index in [9.17, 15) is 4.39 Å². The maximum atomic E-state index is 13.2. The molecule has 0 radical (unpaired) electrons. The molecule has 0 amide bonds. The van der Waals surface area contributed by atoms with Crippen LogP contribution in [0.25, 0.3) is 0 Å². The second kappa shape index (κ2) is 5.89. The topological polar surface area (TPSA) is 35.2 Å². The van der Waals surface area contributed by atoms with Crippen molar-refractivity contribution >= 4 is 5.69 Å². The Morgan fingerprint density at radius 2 is 2.00 bits per heavy atom. The zero-order valence-corrected chi connectivity index (χ0v) is 10.1.